The summed E-state index contributed by atoms with van der Waals surface area (Å²) in [5.74, 6) is -0.303. The van der Waals surface area contributed by atoms with E-state index in [-0.39, 0.29) is 16.9 Å². The second-order valence-corrected chi connectivity index (χ2v) is 6.66. The molecule has 0 aromatic heterocycles. The Hall–Kier alpha value is -0.120. The smallest absolute Gasteiger partial charge is 0.147 e. The van der Waals surface area contributed by atoms with Crippen LogP contribution in [0, 0.1) is 5.82 Å². The first-order valence-electron chi connectivity index (χ1n) is 7.98. The van der Waals surface area contributed by atoms with Crippen molar-refractivity contribution in [2.75, 3.05) is 6.54 Å². The Morgan fingerprint density at radius 1 is 1.14 bits per heavy atom. The third kappa shape index (κ3) is 6.25. The molecule has 1 aromatic carbocycles. The zero-order valence-corrected chi connectivity index (χ0v) is 15.4. The molecular weight excluding hydrogens is 353 g/mol. The van der Waals surface area contributed by atoms with E-state index >= 15 is 0 Å². The Labute approximate surface area is 141 Å². The maximum Gasteiger partial charge on any atom is 0.147 e. The van der Waals surface area contributed by atoms with Gasteiger partial charge >= 0.3 is 0 Å². The minimum atomic E-state index is -0.303. The Kier molecular flexibility index (Phi) is 9.54. The van der Waals surface area contributed by atoms with Gasteiger partial charge in [0.25, 0.3) is 0 Å². The summed E-state index contributed by atoms with van der Waals surface area (Å²) in [7, 11) is 0. The summed E-state index contributed by atoms with van der Waals surface area (Å²) in [5.41, 5.74) is 0.679. The van der Waals surface area contributed by atoms with Gasteiger partial charge in [-0.3, -0.25) is 0 Å². The second kappa shape index (κ2) is 10.6. The fourth-order valence-corrected chi connectivity index (χ4v) is 3.03. The van der Waals surface area contributed by atoms with Gasteiger partial charge in [-0.25, -0.2) is 4.39 Å². The molecule has 0 aliphatic carbocycles. The van der Waals surface area contributed by atoms with Crippen molar-refractivity contribution < 1.29 is 4.39 Å². The lowest BCUT2D eigenvalue weighted by Crippen LogP contribution is -2.22. The molecule has 0 saturated carbocycles. The lowest BCUT2D eigenvalue weighted by atomic mass is 9.99. The molecule has 1 atom stereocenters. The maximum atomic E-state index is 14.3. The molecule has 0 bridgehead atoms. The van der Waals surface area contributed by atoms with Gasteiger partial charge < -0.3 is 5.32 Å². The first kappa shape index (κ1) is 18.9. The van der Waals surface area contributed by atoms with E-state index in [1.54, 1.807) is 0 Å². The third-order valence-electron chi connectivity index (χ3n) is 3.74. The predicted molar refractivity (Wildman–Crippen MR) is 93.5 cm³/mol. The highest BCUT2D eigenvalue weighted by atomic mass is 79.9. The standard InChI is InChI=1S/C17H26BrClFN/c1-3-5-6-7-8-9-10-15(21-4-2)13-11-12-14(18)16(19)17(13)20/h11-12,15,21H,3-10H2,1-2H3. The molecule has 1 N–H and O–H groups in total. The van der Waals surface area contributed by atoms with E-state index in [0.29, 0.717) is 10.0 Å². The number of unbranched alkanes of at least 4 members (excludes halogenated alkanes) is 5. The average molecular weight is 379 g/mol. The van der Waals surface area contributed by atoms with Crippen LogP contribution in [-0.4, -0.2) is 6.54 Å². The highest BCUT2D eigenvalue weighted by Crippen LogP contribution is 2.32. The van der Waals surface area contributed by atoms with Gasteiger partial charge in [-0.1, -0.05) is 70.0 Å². The summed E-state index contributed by atoms with van der Waals surface area (Å²) < 4.78 is 14.9. The monoisotopic (exact) mass is 377 g/mol. The SMILES string of the molecule is CCCCCCCCC(NCC)c1ccc(Br)c(Cl)c1F. The van der Waals surface area contributed by atoms with E-state index in [1.165, 1.54) is 32.1 Å². The molecule has 120 valence electrons. The minimum absolute atomic E-state index is 0.0479. The number of hydrogen-bond acceptors (Lipinski definition) is 1. The van der Waals surface area contributed by atoms with Crippen molar-refractivity contribution in [3.8, 4) is 0 Å². The Balaban J connectivity index is 2.59. The summed E-state index contributed by atoms with van der Waals surface area (Å²) in [6, 6.07) is 3.70. The van der Waals surface area contributed by atoms with Crippen LogP contribution in [-0.2, 0) is 0 Å². The van der Waals surface area contributed by atoms with E-state index in [1.807, 2.05) is 19.1 Å². The summed E-state index contributed by atoms with van der Waals surface area (Å²) >= 11 is 9.26. The molecule has 0 saturated heterocycles. The second-order valence-electron chi connectivity index (χ2n) is 5.43. The molecule has 4 heteroatoms. The lowest BCUT2D eigenvalue weighted by molar-refractivity contribution is 0.457. The number of nitrogens with one attached hydrogen (secondary N) is 1. The molecule has 0 heterocycles. The topological polar surface area (TPSA) is 12.0 Å². The molecule has 1 rings (SSSR count). The number of rotatable bonds is 10. The first-order valence-corrected chi connectivity index (χ1v) is 9.15. The van der Waals surface area contributed by atoms with Crippen LogP contribution < -0.4 is 5.32 Å². The van der Waals surface area contributed by atoms with Crippen LogP contribution in [0.2, 0.25) is 5.02 Å². The zero-order valence-electron chi connectivity index (χ0n) is 13.0. The molecule has 1 nitrogen and oxygen atoms in total. The minimum Gasteiger partial charge on any atom is -0.310 e. The van der Waals surface area contributed by atoms with Crippen LogP contribution in [0.4, 0.5) is 4.39 Å². The molecule has 0 spiro atoms. The molecule has 1 unspecified atom stereocenters. The summed E-state index contributed by atoms with van der Waals surface area (Å²) in [4.78, 5) is 0. The van der Waals surface area contributed by atoms with E-state index in [9.17, 15) is 4.39 Å². The normalized spacial score (nSPS) is 12.6. The van der Waals surface area contributed by atoms with Crippen LogP contribution in [0.25, 0.3) is 0 Å². The van der Waals surface area contributed by atoms with Crippen molar-refractivity contribution in [1.29, 1.82) is 0 Å². The largest absolute Gasteiger partial charge is 0.310 e. The number of hydrogen-bond donors (Lipinski definition) is 1. The van der Waals surface area contributed by atoms with Gasteiger partial charge in [0, 0.05) is 16.1 Å². The third-order valence-corrected chi connectivity index (χ3v) is 5.00. The Morgan fingerprint density at radius 2 is 1.81 bits per heavy atom. The number of halogens is 3. The Morgan fingerprint density at radius 3 is 2.48 bits per heavy atom. The van der Waals surface area contributed by atoms with Crippen molar-refractivity contribution >= 4 is 27.5 Å². The van der Waals surface area contributed by atoms with Crippen LogP contribution in [0.1, 0.15) is 70.4 Å². The van der Waals surface area contributed by atoms with Gasteiger partial charge in [0.2, 0.25) is 0 Å². The first-order chi connectivity index (χ1) is 10.1. The van der Waals surface area contributed by atoms with Gasteiger partial charge in [0.1, 0.15) is 5.82 Å². The predicted octanol–water partition coefficient (Wildman–Crippen LogP) is 6.64. The van der Waals surface area contributed by atoms with E-state index in [4.69, 9.17) is 11.6 Å². The van der Waals surface area contributed by atoms with Crippen molar-refractivity contribution in [2.24, 2.45) is 0 Å². The highest BCUT2D eigenvalue weighted by molar-refractivity contribution is 9.10. The molecule has 0 amide bonds. The summed E-state index contributed by atoms with van der Waals surface area (Å²) in [6.07, 6.45) is 8.45. The Bertz CT molecular complexity index is 425. The molecule has 1 aromatic rings. The van der Waals surface area contributed by atoms with Crippen molar-refractivity contribution in [2.45, 2.75) is 64.8 Å². The zero-order chi connectivity index (χ0) is 15.7. The van der Waals surface area contributed by atoms with Crippen LogP contribution in [0.15, 0.2) is 16.6 Å². The molecule has 0 radical (unpaired) electrons. The number of benzene rings is 1. The summed E-state index contributed by atoms with van der Waals surface area (Å²) in [5, 5.41) is 3.55. The lowest BCUT2D eigenvalue weighted by Gasteiger charge is -2.20. The average Bonchev–Trinajstić information content (AvgIpc) is 2.48. The molecule has 0 aliphatic heterocycles. The van der Waals surface area contributed by atoms with Gasteiger partial charge in [0.15, 0.2) is 0 Å². The quantitative estimate of drug-likeness (QED) is 0.355. The highest BCUT2D eigenvalue weighted by Gasteiger charge is 2.18. The van der Waals surface area contributed by atoms with Crippen LogP contribution in [0.3, 0.4) is 0 Å². The van der Waals surface area contributed by atoms with Crippen molar-refractivity contribution in [3.05, 3.63) is 33.0 Å². The van der Waals surface area contributed by atoms with Gasteiger partial charge in [-0.05, 0) is 35.0 Å². The van der Waals surface area contributed by atoms with E-state index in [2.05, 4.69) is 28.2 Å². The molecule has 0 aliphatic rings. The van der Waals surface area contributed by atoms with Crippen molar-refractivity contribution in [1.82, 2.24) is 5.32 Å². The van der Waals surface area contributed by atoms with Crippen LogP contribution >= 0.6 is 27.5 Å². The van der Waals surface area contributed by atoms with E-state index < -0.39 is 0 Å². The molecular formula is C17H26BrClFN. The van der Waals surface area contributed by atoms with Gasteiger partial charge in [-0.2, -0.15) is 0 Å². The molecule has 0 fully saturated rings. The fraction of sp³-hybridized carbons (Fsp3) is 0.647. The van der Waals surface area contributed by atoms with Gasteiger partial charge in [-0.15, -0.1) is 0 Å². The van der Waals surface area contributed by atoms with Crippen molar-refractivity contribution in [3.63, 3.8) is 0 Å². The fourth-order valence-electron chi connectivity index (χ4n) is 2.55. The summed E-state index contributed by atoms with van der Waals surface area (Å²) in [6.45, 7) is 5.10. The van der Waals surface area contributed by atoms with E-state index in [0.717, 1.165) is 19.4 Å². The maximum absolute atomic E-state index is 14.3. The van der Waals surface area contributed by atoms with Crippen LogP contribution in [0.5, 0.6) is 0 Å². The molecule has 21 heavy (non-hydrogen) atoms. The van der Waals surface area contributed by atoms with Gasteiger partial charge in [0.05, 0.1) is 5.02 Å².